The van der Waals surface area contributed by atoms with Crippen LogP contribution in [-0.4, -0.2) is 17.9 Å². The molecule has 1 saturated carbocycles. The molecule has 2 rings (SSSR count). The quantitative estimate of drug-likeness (QED) is 0.722. The normalized spacial score (nSPS) is 18.1. The van der Waals surface area contributed by atoms with E-state index in [0.29, 0.717) is 5.92 Å². The molecule has 1 heterocycles. The molecule has 0 saturated heterocycles. The van der Waals surface area contributed by atoms with Crippen LogP contribution >= 0.6 is 11.3 Å². The number of aliphatic imine (C=N–C) groups is 2. The van der Waals surface area contributed by atoms with E-state index in [0.717, 1.165) is 10.8 Å². The van der Waals surface area contributed by atoms with Gasteiger partial charge in [0.05, 0.1) is 0 Å². The van der Waals surface area contributed by atoms with Crippen LogP contribution < -0.4 is 0 Å². The van der Waals surface area contributed by atoms with Gasteiger partial charge in [-0.05, 0) is 26.5 Å². The molecule has 1 fully saturated rings. The largest absolute Gasteiger partial charge is 0.250 e. The summed E-state index contributed by atoms with van der Waals surface area (Å²) in [5.41, 5.74) is 0. The highest BCUT2D eigenvalue weighted by Gasteiger charge is 2.20. The van der Waals surface area contributed by atoms with Crippen molar-refractivity contribution < 1.29 is 0 Å². The summed E-state index contributed by atoms with van der Waals surface area (Å²) < 4.78 is 0. The lowest BCUT2D eigenvalue weighted by atomic mass is 9.90. The van der Waals surface area contributed by atoms with Gasteiger partial charge in [-0.3, -0.25) is 0 Å². The van der Waals surface area contributed by atoms with Gasteiger partial charge in [0.2, 0.25) is 0 Å². The molecule has 0 spiro atoms. The lowest BCUT2D eigenvalue weighted by molar-refractivity contribution is 0.442. The monoisotopic (exact) mass is 235 g/mol. The van der Waals surface area contributed by atoms with Gasteiger partial charge in [0.25, 0.3) is 0 Å². The molecule has 1 aliphatic rings. The molecule has 1 aliphatic carbocycles. The lowest BCUT2D eigenvalue weighted by Crippen LogP contribution is -2.03. The van der Waals surface area contributed by atoms with Crippen molar-refractivity contribution in [3.8, 4) is 0 Å². The Morgan fingerprint density at radius 1 is 1.38 bits per heavy atom. The SMILES string of the molecule is C=Nc1sc(C2CCCCC2)nc1N=CC. The van der Waals surface area contributed by atoms with E-state index in [1.165, 1.54) is 37.1 Å². The molecule has 1 aromatic rings. The van der Waals surface area contributed by atoms with Crippen LogP contribution in [-0.2, 0) is 0 Å². The molecule has 86 valence electrons. The summed E-state index contributed by atoms with van der Waals surface area (Å²) in [7, 11) is 0. The summed E-state index contributed by atoms with van der Waals surface area (Å²) in [6, 6.07) is 0. The Kier molecular flexibility index (Phi) is 3.83. The molecule has 1 aromatic heterocycles. The minimum Gasteiger partial charge on any atom is -0.250 e. The zero-order chi connectivity index (χ0) is 11.4. The Labute approximate surface area is 100 Å². The molecule has 0 radical (unpaired) electrons. The third-order valence-corrected chi connectivity index (χ3v) is 4.10. The van der Waals surface area contributed by atoms with Crippen molar-refractivity contribution in [3.05, 3.63) is 5.01 Å². The minimum absolute atomic E-state index is 0.625. The summed E-state index contributed by atoms with van der Waals surface area (Å²) in [5, 5.41) is 2.06. The number of hydrogen-bond acceptors (Lipinski definition) is 4. The Balaban J connectivity index is 2.23. The number of rotatable bonds is 3. The van der Waals surface area contributed by atoms with E-state index < -0.39 is 0 Å². The molecule has 0 N–H and O–H groups in total. The van der Waals surface area contributed by atoms with Crippen LogP contribution in [0.2, 0.25) is 0 Å². The van der Waals surface area contributed by atoms with Gasteiger partial charge in [-0.1, -0.05) is 30.6 Å². The maximum absolute atomic E-state index is 4.58. The molecule has 3 nitrogen and oxygen atoms in total. The van der Waals surface area contributed by atoms with E-state index in [-0.39, 0.29) is 0 Å². The number of thiazole rings is 1. The first-order valence-corrected chi connectivity index (χ1v) is 6.63. The standard InChI is InChI=1S/C12H17N3S/c1-3-14-10-12(13-2)16-11(15-10)9-7-5-4-6-8-9/h3,9H,2,4-8H2,1H3. The highest BCUT2D eigenvalue weighted by molar-refractivity contribution is 7.16. The van der Waals surface area contributed by atoms with E-state index in [2.05, 4.69) is 21.7 Å². The molecule has 0 unspecified atom stereocenters. The minimum atomic E-state index is 0.625. The maximum Gasteiger partial charge on any atom is 0.189 e. The first-order chi connectivity index (χ1) is 7.85. The highest BCUT2D eigenvalue weighted by Crippen LogP contribution is 2.41. The van der Waals surface area contributed by atoms with Crippen LogP contribution in [0.3, 0.4) is 0 Å². The average Bonchev–Trinajstić information content (AvgIpc) is 2.74. The summed E-state index contributed by atoms with van der Waals surface area (Å²) in [6.45, 7) is 5.47. The zero-order valence-corrected chi connectivity index (χ0v) is 10.5. The summed E-state index contributed by atoms with van der Waals surface area (Å²) >= 11 is 1.65. The maximum atomic E-state index is 4.58. The van der Waals surface area contributed by atoms with E-state index in [4.69, 9.17) is 0 Å². The van der Waals surface area contributed by atoms with Crippen molar-refractivity contribution >= 4 is 35.1 Å². The molecule has 16 heavy (non-hydrogen) atoms. The van der Waals surface area contributed by atoms with Crippen LogP contribution in [0.5, 0.6) is 0 Å². The highest BCUT2D eigenvalue weighted by atomic mass is 32.1. The second-order valence-corrected chi connectivity index (χ2v) is 5.07. The Morgan fingerprint density at radius 3 is 2.75 bits per heavy atom. The van der Waals surface area contributed by atoms with Gasteiger partial charge in [-0.25, -0.2) is 15.0 Å². The fraction of sp³-hybridized carbons (Fsp3) is 0.583. The van der Waals surface area contributed by atoms with Crippen molar-refractivity contribution in [1.29, 1.82) is 0 Å². The van der Waals surface area contributed by atoms with Crippen molar-refractivity contribution in [2.75, 3.05) is 0 Å². The van der Waals surface area contributed by atoms with Crippen LogP contribution in [0.1, 0.15) is 50.0 Å². The fourth-order valence-corrected chi connectivity index (χ4v) is 3.14. The second-order valence-electron chi connectivity index (χ2n) is 4.06. The smallest absolute Gasteiger partial charge is 0.189 e. The third-order valence-electron chi connectivity index (χ3n) is 2.96. The van der Waals surface area contributed by atoms with Crippen LogP contribution in [0.4, 0.5) is 10.8 Å². The summed E-state index contributed by atoms with van der Waals surface area (Å²) in [4.78, 5) is 12.8. The number of aromatic nitrogens is 1. The molecular formula is C12H17N3S. The molecule has 0 aliphatic heterocycles. The van der Waals surface area contributed by atoms with Gasteiger partial charge in [-0.2, -0.15) is 0 Å². The Morgan fingerprint density at radius 2 is 2.12 bits per heavy atom. The van der Waals surface area contributed by atoms with Gasteiger partial charge in [0.1, 0.15) is 5.01 Å². The topological polar surface area (TPSA) is 37.6 Å². The van der Waals surface area contributed by atoms with Gasteiger partial charge < -0.3 is 0 Å². The number of hydrogen-bond donors (Lipinski definition) is 0. The van der Waals surface area contributed by atoms with Crippen molar-refractivity contribution in [1.82, 2.24) is 4.98 Å². The first-order valence-electron chi connectivity index (χ1n) is 5.81. The van der Waals surface area contributed by atoms with Crippen LogP contribution in [0, 0.1) is 0 Å². The summed E-state index contributed by atoms with van der Waals surface area (Å²) in [5.74, 6) is 1.36. The predicted octanol–water partition coefficient (Wildman–Crippen LogP) is 4.25. The third kappa shape index (κ3) is 2.38. The first kappa shape index (κ1) is 11.5. The molecule has 0 atom stereocenters. The van der Waals surface area contributed by atoms with Crippen LogP contribution in [0.15, 0.2) is 9.98 Å². The zero-order valence-electron chi connectivity index (χ0n) is 9.65. The van der Waals surface area contributed by atoms with E-state index in [9.17, 15) is 0 Å². The van der Waals surface area contributed by atoms with Gasteiger partial charge in [0, 0.05) is 12.1 Å². The van der Waals surface area contributed by atoms with Crippen molar-refractivity contribution in [2.45, 2.75) is 44.9 Å². The molecule has 0 aromatic carbocycles. The van der Waals surface area contributed by atoms with Crippen LogP contribution in [0.25, 0.3) is 0 Å². The van der Waals surface area contributed by atoms with Gasteiger partial charge >= 0.3 is 0 Å². The molecule has 0 amide bonds. The fourth-order valence-electron chi connectivity index (χ4n) is 2.15. The predicted molar refractivity (Wildman–Crippen MR) is 71.0 cm³/mol. The van der Waals surface area contributed by atoms with Crippen molar-refractivity contribution in [2.24, 2.45) is 9.98 Å². The second kappa shape index (κ2) is 5.34. The molecule has 0 bridgehead atoms. The van der Waals surface area contributed by atoms with E-state index in [1.54, 1.807) is 17.6 Å². The van der Waals surface area contributed by atoms with Gasteiger partial charge in [0.15, 0.2) is 10.8 Å². The average molecular weight is 235 g/mol. The number of nitrogens with zero attached hydrogens (tertiary/aromatic N) is 3. The molecule has 4 heteroatoms. The van der Waals surface area contributed by atoms with Gasteiger partial charge in [-0.15, -0.1) is 0 Å². The Hall–Kier alpha value is -1.03. The molecular weight excluding hydrogens is 218 g/mol. The van der Waals surface area contributed by atoms with E-state index >= 15 is 0 Å². The Bertz CT molecular complexity index is 389. The summed E-state index contributed by atoms with van der Waals surface area (Å²) in [6.07, 6.45) is 8.31. The van der Waals surface area contributed by atoms with Crippen molar-refractivity contribution in [3.63, 3.8) is 0 Å². The van der Waals surface area contributed by atoms with E-state index in [1.807, 2.05) is 6.92 Å². The lowest BCUT2D eigenvalue weighted by Gasteiger charge is -2.18.